The van der Waals surface area contributed by atoms with Gasteiger partial charge in [-0.2, -0.15) is 0 Å². The molecule has 0 radical (unpaired) electrons. The van der Waals surface area contributed by atoms with Gasteiger partial charge in [-0.15, -0.1) is 0 Å². The molecule has 1 aromatic carbocycles. The summed E-state index contributed by atoms with van der Waals surface area (Å²) in [5.41, 5.74) is 8.91. The second-order valence-corrected chi connectivity index (χ2v) is 6.86. The molecule has 114 valence electrons. The first-order valence-electron chi connectivity index (χ1n) is 7.39. The zero-order valence-corrected chi connectivity index (χ0v) is 13.8. The highest BCUT2D eigenvalue weighted by atomic mass is 32.1. The van der Waals surface area contributed by atoms with Crippen LogP contribution in [0.2, 0.25) is 0 Å². The number of nitrogens with two attached hydrogens (primary N) is 1. The topological polar surface area (TPSA) is 47.3 Å². The predicted molar refractivity (Wildman–Crippen MR) is 90.9 cm³/mol. The molecule has 0 spiro atoms. The molecule has 21 heavy (non-hydrogen) atoms. The second kappa shape index (κ2) is 6.48. The Bertz CT molecular complexity index is 535. The lowest BCUT2D eigenvalue weighted by molar-refractivity contribution is 0.0354. The molecule has 3 nitrogen and oxygen atoms in total. The molecule has 0 saturated heterocycles. The van der Waals surface area contributed by atoms with Crippen molar-refractivity contribution in [2.45, 2.75) is 52.2 Å². The number of thiocarbonyl (C=S) groups is 1. The van der Waals surface area contributed by atoms with Gasteiger partial charge in [-0.25, -0.2) is 0 Å². The van der Waals surface area contributed by atoms with Crippen LogP contribution in [0, 0.1) is 0 Å². The van der Waals surface area contributed by atoms with E-state index in [2.05, 4.69) is 26.1 Å². The molecule has 1 aliphatic carbocycles. The standard InChI is InChI=1S/C17H24N2OS/c1-17(2,3)20-16(14-5-4-6-14)19-11-12-7-9-13(10-8-12)15(18)21/h7-10,19H,4-6,11H2,1-3H3,(H2,18,21). The van der Waals surface area contributed by atoms with Gasteiger partial charge in [0.1, 0.15) is 10.6 Å². The first kappa shape index (κ1) is 15.8. The van der Waals surface area contributed by atoms with Crippen molar-refractivity contribution in [3.05, 3.63) is 46.8 Å². The van der Waals surface area contributed by atoms with Gasteiger partial charge in [-0.1, -0.05) is 36.5 Å². The lowest BCUT2D eigenvalue weighted by Crippen LogP contribution is -2.28. The maximum absolute atomic E-state index is 6.05. The molecule has 3 N–H and O–H groups in total. The fourth-order valence-corrected chi connectivity index (χ4v) is 2.23. The average molecular weight is 304 g/mol. The molecule has 0 aliphatic heterocycles. The fraction of sp³-hybridized carbons (Fsp3) is 0.471. The van der Waals surface area contributed by atoms with Crippen molar-refractivity contribution in [1.82, 2.24) is 5.32 Å². The Hall–Kier alpha value is -1.55. The smallest absolute Gasteiger partial charge is 0.186 e. The maximum atomic E-state index is 6.05. The summed E-state index contributed by atoms with van der Waals surface area (Å²) in [6.45, 7) is 6.97. The van der Waals surface area contributed by atoms with Gasteiger partial charge in [0.2, 0.25) is 0 Å². The Morgan fingerprint density at radius 2 is 1.86 bits per heavy atom. The zero-order valence-electron chi connectivity index (χ0n) is 13.0. The van der Waals surface area contributed by atoms with Crippen molar-refractivity contribution < 1.29 is 4.74 Å². The second-order valence-electron chi connectivity index (χ2n) is 6.42. The Balaban J connectivity index is 2.00. The third-order valence-corrected chi connectivity index (χ3v) is 3.61. The van der Waals surface area contributed by atoms with Gasteiger partial charge in [0, 0.05) is 12.1 Å². The summed E-state index contributed by atoms with van der Waals surface area (Å²) >= 11 is 4.96. The predicted octanol–water partition coefficient (Wildman–Crippen LogP) is 3.62. The summed E-state index contributed by atoms with van der Waals surface area (Å²) in [4.78, 5) is 0.433. The molecule has 0 heterocycles. The van der Waals surface area contributed by atoms with Crippen molar-refractivity contribution in [2.24, 2.45) is 5.73 Å². The minimum atomic E-state index is -0.180. The van der Waals surface area contributed by atoms with E-state index < -0.39 is 0 Å². The van der Waals surface area contributed by atoms with E-state index in [-0.39, 0.29) is 5.60 Å². The van der Waals surface area contributed by atoms with Crippen molar-refractivity contribution in [3.8, 4) is 0 Å². The molecule has 2 rings (SSSR count). The number of nitrogens with one attached hydrogen (secondary N) is 1. The highest BCUT2D eigenvalue weighted by Crippen LogP contribution is 2.30. The molecule has 4 heteroatoms. The van der Waals surface area contributed by atoms with Crippen LogP contribution < -0.4 is 11.1 Å². The number of hydrogen-bond acceptors (Lipinski definition) is 3. The number of allylic oxidation sites excluding steroid dienone is 1. The van der Waals surface area contributed by atoms with Gasteiger partial charge in [0.25, 0.3) is 0 Å². The monoisotopic (exact) mass is 304 g/mol. The van der Waals surface area contributed by atoms with Crippen molar-refractivity contribution in [3.63, 3.8) is 0 Å². The lowest BCUT2D eigenvalue weighted by Gasteiger charge is -2.29. The Labute approximate surface area is 132 Å². The van der Waals surface area contributed by atoms with E-state index in [1.807, 2.05) is 24.3 Å². The van der Waals surface area contributed by atoms with E-state index in [0.717, 1.165) is 30.8 Å². The van der Waals surface area contributed by atoms with Gasteiger partial charge < -0.3 is 15.8 Å². The largest absolute Gasteiger partial charge is 0.474 e. The summed E-state index contributed by atoms with van der Waals surface area (Å²) in [5, 5.41) is 3.44. The van der Waals surface area contributed by atoms with E-state index in [9.17, 15) is 0 Å². The van der Waals surface area contributed by atoms with Crippen molar-refractivity contribution in [1.29, 1.82) is 0 Å². The molecule has 0 aromatic heterocycles. The van der Waals surface area contributed by atoms with Gasteiger partial charge in [-0.3, -0.25) is 0 Å². The first-order valence-corrected chi connectivity index (χ1v) is 7.79. The summed E-state index contributed by atoms with van der Waals surface area (Å²) in [7, 11) is 0. The molecule has 0 unspecified atom stereocenters. The lowest BCUT2D eigenvalue weighted by atomic mass is 9.92. The van der Waals surface area contributed by atoms with E-state index in [0.29, 0.717) is 4.99 Å². The van der Waals surface area contributed by atoms with E-state index in [4.69, 9.17) is 22.7 Å². The molecule has 0 amide bonds. The van der Waals surface area contributed by atoms with Gasteiger partial charge in [0.05, 0.1) is 0 Å². The summed E-state index contributed by atoms with van der Waals surface area (Å²) in [6.07, 6.45) is 3.54. The molecule has 0 atom stereocenters. The van der Waals surface area contributed by atoms with Gasteiger partial charge >= 0.3 is 0 Å². The molecule has 1 aromatic rings. The van der Waals surface area contributed by atoms with Crippen LogP contribution >= 0.6 is 12.2 Å². The van der Waals surface area contributed by atoms with Gasteiger partial charge in [0.15, 0.2) is 5.88 Å². The van der Waals surface area contributed by atoms with Crippen molar-refractivity contribution >= 4 is 17.2 Å². The Morgan fingerprint density at radius 1 is 1.24 bits per heavy atom. The van der Waals surface area contributed by atoms with Gasteiger partial charge in [-0.05, 0) is 51.2 Å². The van der Waals surface area contributed by atoms with Crippen molar-refractivity contribution in [2.75, 3.05) is 0 Å². The third-order valence-electron chi connectivity index (χ3n) is 3.38. The summed E-state index contributed by atoms with van der Waals surface area (Å²) in [5.74, 6) is 0.951. The molecule has 1 fully saturated rings. The van der Waals surface area contributed by atoms with E-state index in [1.54, 1.807) is 0 Å². The quantitative estimate of drug-likeness (QED) is 0.644. The van der Waals surface area contributed by atoms with Crippen LogP contribution in [0.5, 0.6) is 0 Å². The normalized spacial score (nSPS) is 14.3. The first-order chi connectivity index (χ1) is 9.85. The van der Waals surface area contributed by atoms with Crippen LogP contribution in [0.3, 0.4) is 0 Å². The van der Waals surface area contributed by atoms with Crippen LogP contribution in [0.15, 0.2) is 35.7 Å². The molecule has 1 saturated carbocycles. The molecular formula is C17H24N2OS. The SMILES string of the molecule is CC(C)(C)OC(NCc1ccc(C(N)=S)cc1)=C1CCC1. The highest BCUT2D eigenvalue weighted by Gasteiger charge is 2.20. The van der Waals surface area contributed by atoms with E-state index in [1.165, 1.54) is 17.6 Å². The number of benzene rings is 1. The highest BCUT2D eigenvalue weighted by molar-refractivity contribution is 7.80. The number of hydrogen-bond donors (Lipinski definition) is 2. The molecular weight excluding hydrogens is 280 g/mol. The number of rotatable bonds is 5. The minimum absolute atomic E-state index is 0.180. The summed E-state index contributed by atoms with van der Waals surface area (Å²) in [6, 6.07) is 8.00. The maximum Gasteiger partial charge on any atom is 0.186 e. The van der Waals surface area contributed by atoms with Crippen LogP contribution in [0.1, 0.15) is 51.2 Å². The van der Waals surface area contributed by atoms with Crippen LogP contribution in [-0.4, -0.2) is 10.6 Å². The zero-order chi connectivity index (χ0) is 15.5. The van der Waals surface area contributed by atoms with E-state index >= 15 is 0 Å². The fourth-order valence-electron chi connectivity index (χ4n) is 2.09. The Kier molecular flexibility index (Phi) is 4.88. The van der Waals surface area contributed by atoms with Crippen LogP contribution in [-0.2, 0) is 11.3 Å². The molecule has 1 aliphatic rings. The van der Waals surface area contributed by atoms with Crippen LogP contribution in [0.4, 0.5) is 0 Å². The molecule has 0 bridgehead atoms. The Morgan fingerprint density at radius 3 is 2.29 bits per heavy atom. The third kappa shape index (κ3) is 4.74. The average Bonchev–Trinajstić information content (AvgIpc) is 2.32. The van der Waals surface area contributed by atoms with Crippen LogP contribution in [0.25, 0.3) is 0 Å². The minimum Gasteiger partial charge on any atom is -0.474 e. The number of ether oxygens (including phenoxy) is 1. The summed E-state index contributed by atoms with van der Waals surface area (Å²) < 4.78 is 6.05.